The molecule has 0 spiro atoms. The van der Waals surface area contributed by atoms with Crippen LogP contribution in [0.25, 0.3) is 0 Å². The third-order valence-corrected chi connectivity index (χ3v) is 6.40. The number of fused-ring (bicyclic) bond motifs is 1. The van der Waals surface area contributed by atoms with Crippen molar-refractivity contribution in [2.45, 2.75) is 65.1 Å². The molecule has 1 N–H and O–H groups in total. The lowest BCUT2D eigenvalue weighted by Gasteiger charge is -2.33. The number of hydrogen-bond acceptors (Lipinski definition) is 6. The van der Waals surface area contributed by atoms with Crippen molar-refractivity contribution >= 4 is 34.4 Å². The molecule has 0 unspecified atom stereocenters. The van der Waals surface area contributed by atoms with E-state index >= 15 is 0 Å². The Bertz CT molecular complexity index is 863. The second-order valence-electron chi connectivity index (χ2n) is 9.21. The molecule has 0 aliphatic carbocycles. The van der Waals surface area contributed by atoms with Gasteiger partial charge in [0, 0.05) is 19.0 Å². The van der Waals surface area contributed by atoms with E-state index in [1.165, 1.54) is 17.4 Å². The van der Waals surface area contributed by atoms with Gasteiger partial charge < -0.3 is 15.0 Å². The molecule has 0 saturated carbocycles. The van der Waals surface area contributed by atoms with E-state index < -0.39 is 11.1 Å². The van der Waals surface area contributed by atoms with Crippen LogP contribution in [-0.4, -0.2) is 51.4 Å². The molecule has 3 amide bonds. The number of nitrogens with one attached hydrogen (secondary N) is 1. The van der Waals surface area contributed by atoms with E-state index in [0.29, 0.717) is 37.6 Å². The van der Waals surface area contributed by atoms with Crippen molar-refractivity contribution in [2.75, 3.05) is 18.4 Å². The average Bonchev–Trinajstić information content (AvgIpc) is 3.17. The Hall–Kier alpha value is -2.42. The molecule has 2 aliphatic heterocycles. The van der Waals surface area contributed by atoms with Crippen LogP contribution in [0.2, 0.25) is 0 Å². The zero-order valence-corrected chi connectivity index (χ0v) is 19.1. The van der Waals surface area contributed by atoms with Crippen LogP contribution in [0.3, 0.4) is 0 Å². The number of rotatable bonds is 3. The Morgan fingerprint density at radius 1 is 1.27 bits per heavy atom. The van der Waals surface area contributed by atoms with Crippen LogP contribution in [0.1, 0.15) is 58.0 Å². The summed E-state index contributed by atoms with van der Waals surface area (Å²) >= 11 is 1.39. The molecule has 1 fully saturated rings. The molecule has 3 heterocycles. The number of anilines is 1. The fourth-order valence-corrected chi connectivity index (χ4v) is 4.88. The molecule has 1 aromatic heterocycles. The smallest absolute Gasteiger partial charge is 0.411 e. The second-order valence-corrected chi connectivity index (χ2v) is 10.3. The van der Waals surface area contributed by atoms with Crippen LogP contribution in [0.15, 0.2) is 12.7 Å². The molecule has 0 radical (unpaired) electrons. The predicted molar refractivity (Wildman–Crippen MR) is 115 cm³/mol. The molecule has 2 aliphatic rings. The highest BCUT2D eigenvalue weighted by Crippen LogP contribution is 2.43. The van der Waals surface area contributed by atoms with Gasteiger partial charge in [-0.05, 0) is 53.5 Å². The highest BCUT2D eigenvalue weighted by atomic mass is 32.1. The summed E-state index contributed by atoms with van der Waals surface area (Å²) in [7, 11) is 0. The Kier molecular flexibility index (Phi) is 5.95. The van der Waals surface area contributed by atoms with E-state index in [4.69, 9.17) is 4.74 Å². The Morgan fingerprint density at radius 3 is 2.43 bits per heavy atom. The van der Waals surface area contributed by atoms with Gasteiger partial charge in [0.15, 0.2) is 5.13 Å². The van der Waals surface area contributed by atoms with Gasteiger partial charge in [0.25, 0.3) is 0 Å². The van der Waals surface area contributed by atoms with Gasteiger partial charge in [-0.15, -0.1) is 0 Å². The minimum absolute atomic E-state index is 0.0741. The van der Waals surface area contributed by atoms with Gasteiger partial charge in [-0.25, -0.2) is 9.78 Å². The van der Waals surface area contributed by atoms with E-state index in [0.717, 1.165) is 10.6 Å². The maximum atomic E-state index is 12.7. The molecule has 8 nitrogen and oxygen atoms in total. The van der Waals surface area contributed by atoms with Crippen LogP contribution < -0.4 is 5.32 Å². The number of carbonyl (C=O) groups is 3. The zero-order valence-electron chi connectivity index (χ0n) is 18.3. The molecule has 0 bridgehead atoms. The summed E-state index contributed by atoms with van der Waals surface area (Å²) in [6.45, 7) is 14.4. The predicted octanol–water partition coefficient (Wildman–Crippen LogP) is 3.49. The first-order valence-electron chi connectivity index (χ1n) is 10.2. The van der Waals surface area contributed by atoms with E-state index in [1.807, 2.05) is 34.6 Å². The van der Waals surface area contributed by atoms with Crippen LogP contribution in [0.4, 0.5) is 9.93 Å². The van der Waals surface area contributed by atoms with E-state index in [9.17, 15) is 14.4 Å². The zero-order chi connectivity index (χ0) is 22.3. The highest BCUT2D eigenvalue weighted by Gasteiger charge is 2.45. The average molecular weight is 435 g/mol. The number of carbonyl (C=O) groups excluding carboxylic acids is 3. The van der Waals surface area contributed by atoms with Crippen molar-refractivity contribution in [3.63, 3.8) is 0 Å². The first-order chi connectivity index (χ1) is 13.9. The van der Waals surface area contributed by atoms with Crippen LogP contribution in [0, 0.1) is 5.92 Å². The Morgan fingerprint density at radius 2 is 1.90 bits per heavy atom. The van der Waals surface area contributed by atoms with Crippen LogP contribution >= 0.6 is 11.3 Å². The second kappa shape index (κ2) is 8.02. The van der Waals surface area contributed by atoms with Crippen molar-refractivity contribution < 1.29 is 19.1 Å². The van der Waals surface area contributed by atoms with Gasteiger partial charge in [-0.2, -0.15) is 0 Å². The van der Waals surface area contributed by atoms with Crippen molar-refractivity contribution in [3.05, 3.63) is 23.2 Å². The van der Waals surface area contributed by atoms with E-state index in [-0.39, 0.29) is 23.8 Å². The summed E-state index contributed by atoms with van der Waals surface area (Å²) in [4.78, 5) is 45.9. The minimum atomic E-state index is -0.618. The number of likely N-dealkylation sites (tertiary alicyclic amines) is 1. The third kappa shape index (κ3) is 4.50. The van der Waals surface area contributed by atoms with Crippen molar-refractivity contribution in [3.8, 4) is 0 Å². The van der Waals surface area contributed by atoms with Crippen LogP contribution in [-0.2, 0) is 26.4 Å². The lowest BCUT2D eigenvalue weighted by molar-refractivity contribution is -0.130. The molecular formula is C21H30N4O4S. The number of amides is 3. The molecule has 0 aromatic carbocycles. The SMILES string of the molecule is C=CC(=O)N1CCC(C(=O)Nc2nc3c(s2)CN(C(=O)OC(C)(C)C)C3(C)C)CC1. The van der Waals surface area contributed by atoms with Gasteiger partial charge in [-0.3, -0.25) is 14.5 Å². The quantitative estimate of drug-likeness (QED) is 0.735. The molecule has 0 atom stereocenters. The highest BCUT2D eigenvalue weighted by molar-refractivity contribution is 7.16. The van der Waals surface area contributed by atoms with Crippen LogP contribution in [0.5, 0.6) is 0 Å². The fourth-order valence-electron chi connectivity index (χ4n) is 3.77. The van der Waals surface area contributed by atoms with Crippen molar-refractivity contribution in [2.24, 2.45) is 5.92 Å². The van der Waals surface area contributed by atoms with E-state index in [2.05, 4.69) is 16.9 Å². The third-order valence-electron chi connectivity index (χ3n) is 5.45. The lowest BCUT2D eigenvalue weighted by atomic mass is 9.96. The summed E-state index contributed by atoms with van der Waals surface area (Å²) in [6, 6.07) is 0. The molecule has 1 aromatic rings. The molecule has 9 heteroatoms. The number of piperidine rings is 1. The maximum absolute atomic E-state index is 12.7. The van der Waals surface area contributed by atoms with Gasteiger partial charge >= 0.3 is 6.09 Å². The summed E-state index contributed by atoms with van der Waals surface area (Å²) in [5, 5.41) is 3.48. The minimum Gasteiger partial charge on any atom is -0.444 e. The molecule has 3 rings (SSSR count). The van der Waals surface area contributed by atoms with E-state index in [1.54, 1.807) is 9.80 Å². The molecule has 30 heavy (non-hydrogen) atoms. The topological polar surface area (TPSA) is 91.8 Å². The first-order valence-corrected chi connectivity index (χ1v) is 11.0. The molecule has 1 saturated heterocycles. The Balaban J connectivity index is 1.62. The monoisotopic (exact) mass is 434 g/mol. The van der Waals surface area contributed by atoms with Gasteiger partial charge in [0.05, 0.1) is 22.7 Å². The number of ether oxygens (including phenoxy) is 1. The number of hydrogen-bond donors (Lipinski definition) is 1. The number of thiazole rings is 1. The summed E-state index contributed by atoms with van der Waals surface area (Å²) in [6.07, 6.45) is 2.17. The Labute approximate surface area is 181 Å². The normalized spacial score (nSPS) is 18.7. The van der Waals surface area contributed by atoms with Gasteiger partial charge in [0.1, 0.15) is 5.60 Å². The summed E-state index contributed by atoms with van der Waals surface area (Å²) in [5.74, 6) is -0.319. The fraction of sp³-hybridized carbons (Fsp3) is 0.619. The lowest BCUT2D eigenvalue weighted by Crippen LogP contribution is -2.43. The summed E-state index contributed by atoms with van der Waals surface area (Å²) < 4.78 is 5.53. The number of nitrogens with zero attached hydrogens (tertiary/aromatic N) is 3. The molecule has 164 valence electrons. The van der Waals surface area contributed by atoms with Crippen molar-refractivity contribution in [1.29, 1.82) is 0 Å². The van der Waals surface area contributed by atoms with Gasteiger partial charge in [0.2, 0.25) is 11.8 Å². The molecular weight excluding hydrogens is 404 g/mol. The largest absolute Gasteiger partial charge is 0.444 e. The van der Waals surface area contributed by atoms with Crippen molar-refractivity contribution in [1.82, 2.24) is 14.8 Å². The standard InChI is InChI=1S/C21H30N4O4S/c1-7-15(26)24-10-8-13(9-11-24)17(27)23-18-22-16-14(30-18)12-25(21(16,5)6)19(28)29-20(2,3)4/h7,13H,1,8-12H2,2-6H3,(H,22,23,27). The first kappa shape index (κ1) is 22.3. The number of aromatic nitrogens is 1. The summed E-state index contributed by atoms with van der Waals surface area (Å²) in [5.41, 5.74) is -0.394. The maximum Gasteiger partial charge on any atom is 0.411 e. The van der Waals surface area contributed by atoms with Gasteiger partial charge in [-0.1, -0.05) is 17.9 Å².